The SMILES string of the molecule is CNC(=S)N1CCN(c2ccc(C)cc2C)CC1. The van der Waals surface area contributed by atoms with Gasteiger partial charge in [-0.2, -0.15) is 0 Å². The Labute approximate surface area is 115 Å². The molecule has 0 saturated carbocycles. The van der Waals surface area contributed by atoms with Gasteiger partial charge in [0.25, 0.3) is 0 Å². The van der Waals surface area contributed by atoms with Gasteiger partial charge in [-0.15, -0.1) is 0 Å². The molecule has 3 nitrogen and oxygen atoms in total. The lowest BCUT2D eigenvalue weighted by Gasteiger charge is -2.37. The summed E-state index contributed by atoms with van der Waals surface area (Å²) in [5, 5.41) is 3.90. The minimum Gasteiger partial charge on any atom is -0.368 e. The first-order valence-corrected chi connectivity index (χ1v) is 6.81. The van der Waals surface area contributed by atoms with Crippen LogP contribution in [0.15, 0.2) is 18.2 Å². The van der Waals surface area contributed by atoms with E-state index in [1.807, 2.05) is 7.05 Å². The van der Waals surface area contributed by atoms with Crippen LogP contribution < -0.4 is 10.2 Å². The number of hydrogen-bond donors (Lipinski definition) is 1. The monoisotopic (exact) mass is 263 g/mol. The lowest BCUT2D eigenvalue weighted by Crippen LogP contribution is -2.51. The summed E-state index contributed by atoms with van der Waals surface area (Å²) < 4.78 is 0. The van der Waals surface area contributed by atoms with Crippen molar-refractivity contribution in [2.45, 2.75) is 13.8 Å². The fourth-order valence-electron chi connectivity index (χ4n) is 2.47. The summed E-state index contributed by atoms with van der Waals surface area (Å²) in [7, 11) is 1.89. The standard InChI is InChI=1S/C14H21N3S/c1-11-4-5-13(12(2)10-11)16-6-8-17(9-7-16)14(18)15-3/h4-5,10H,6-9H2,1-3H3,(H,15,18). The fourth-order valence-corrected chi connectivity index (χ4v) is 2.65. The van der Waals surface area contributed by atoms with Gasteiger partial charge in [0, 0.05) is 38.9 Å². The van der Waals surface area contributed by atoms with E-state index in [1.54, 1.807) is 0 Å². The molecule has 1 aliphatic rings. The molecule has 0 amide bonds. The summed E-state index contributed by atoms with van der Waals surface area (Å²) in [6, 6.07) is 6.67. The van der Waals surface area contributed by atoms with Gasteiger partial charge in [0.15, 0.2) is 5.11 Å². The van der Waals surface area contributed by atoms with Crippen LogP contribution in [0.4, 0.5) is 5.69 Å². The summed E-state index contributed by atoms with van der Waals surface area (Å²) in [6.07, 6.45) is 0. The largest absolute Gasteiger partial charge is 0.368 e. The average molecular weight is 263 g/mol. The molecular formula is C14H21N3S. The van der Waals surface area contributed by atoms with Gasteiger partial charge >= 0.3 is 0 Å². The highest BCUT2D eigenvalue weighted by Crippen LogP contribution is 2.22. The smallest absolute Gasteiger partial charge is 0.168 e. The number of rotatable bonds is 1. The topological polar surface area (TPSA) is 18.5 Å². The zero-order valence-corrected chi connectivity index (χ0v) is 12.2. The number of nitrogens with one attached hydrogen (secondary N) is 1. The van der Waals surface area contributed by atoms with E-state index in [9.17, 15) is 0 Å². The molecule has 1 heterocycles. The molecule has 1 saturated heterocycles. The first kappa shape index (κ1) is 13.1. The highest BCUT2D eigenvalue weighted by Gasteiger charge is 2.19. The predicted molar refractivity (Wildman–Crippen MR) is 81.4 cm³/mol. The van der Waals surface area contributed by atoms with Crippen molar-refractivity contribution >= 4 is 23.0 Å². The van der Waals surface area contributed by atoms with E-state index in [2.05, 4.69) is 47.2 Å². The Morgan fingerprint density at radius 1 is 1.17 bits per heavy atom. The molecule has 0 radical (unpaired) electrons. The second-order valence-corrected chi connectivity index (χ2v) is 5.21. The molecule has 1 aliphatic heterocycles. The predicted octanol–water partition coefficient (Wildman–Crippen LogP) is 1.93. The number of aryl methyl sites for hydroxylation is 2. The Morgan fingerprint density at radius 3 is 2.39 bits per heavy atom. The van der Waals surface area contributed by atoms with E-state index in [1.165, 1.54) is 16.8 Å². The molecule has 0 bridgehead atoms. The number of thiocarbonyl (C=S) groups is 1. The van der Waals surface area contributed by atoms with E-state index in [0.29, 0.717) is 0 Å². The molecule has 1 fully saturated rings. The maximum Gasteiger partial charge on any atom is 0.168 e. The van der Waals surface area contributed by atoms with Crippen LogP contribution in [-0.2, 0) is 0 Å². The zero-order chi connectivity index (χ0) is 13.1. The summed E-state index contributed by atoms with van der Waals surface area (Å²) in [6.45, 7) is 8.38. The maximum atomic E-state index is 5.27. The number of benzene rings is 1. The molecule has 4 heteroatoms. The third kappa shape index (κ3) is 2.75. The third-order valence-corrected chi connectivity index (χ3v) is 3.94. The van der Waals surface area contributed by atoms with E-state index in [4.69, 9.17) is 12.2 Å². The van der Waals surface area contributed by atoms with Gasteiger partial charge in [0.05, 0.1) is 0 Å². The van der Waals surface area contributed by atoms with E-state index in [0.717, 1.165) is 31.3 Å². The van der Waals surface area contributed by atoms with Crippen molar-refractivity contribution in [2.24, 2.45) is 0 Å². The van der Waals surface area contributed by atoms with Crippen molar-refractivity contribution in [1.29, 1.82) is 0 Å². The van der Waals surface area contributed by atoms with Gasteiger partial charge < -0.3 is 15.1 Å². The van der Waals surface area contributed by atoms with Gasteiger partial charge in [0.1, 0.15) is 0 Å². The van der Waals surface area contributed by atoms with Crippen molar-refractivity contribution in [3.63, 3.8) is 0 Å². The van der Waals surface area contributed by atoms with Crippen LogP contribution in [0.3, 0.4) is 0 Å². The average Bonchev–Trinajstić information content (AvgIpc) is 2.38. The molecule has 0 spiro atoms. The Morgan fingerprint density at radius 2 is 1.83 bits per heavy atom. The van der Waals surface area contributed by atoms with Crippen LogP contribution in [-0.4, -0.2) is 43.2 Å². The molecule has 2 rings (SSSR count). The molecule has 0 unspecified atom stereocenters. The number of piperazine rings is 1. The molecule has 1 aromatic rings. The summed E-state index contributed by atoms with van der Waals surface area (Å²) >= 11 is 5.27. The Hall–Kier alpha value is -1.29. The van der Waals surface area contributed by atoms with Crippen LogP contribution in [0.25, 0.3) is 0 Å². The second-order valence-electron chi connectivity index (χ2n) is 4.82. The summed E-state index contributed by atoms with van der Waals surface area (Å²) in [4.78, 5) is 4.68. The lowest BCUT2D eigenvalue weighted by atomic mass is 10.1. The highest BCUT2D eigenvalue weighted by atomic mass is 32.1. The molecular weight excluding hydrogens is 242 g/mol. The minimum absolute atomic E-state index is 0.857. The Kier molecular flexibility index (Phi) is 4.07. The molecule has 1 aromatic carbocycles. The quantitative estimate of drug-likeness (QED) is 0.780. The Bertz CT molecular complexity index is 437. The van der Waals surface area contributed by atoms with Crippen LogP contribution >= 0.6 is 12.2 Å². The van der Waals surface area contributed by atoms with Crippen LogP contribution in [0.5, 0.6) is 0 Å². The highest BCUT2D eigenvalue weighted by molar-refractivity contribution is 7.80. The van der Waals surface area contributed by atoms with Gasteiger partial charge in [-0.3, -0.25) is 0 Å². The molecule has 1 N–H and O–H groups in total. The van der Waals surface area contributed by atoms with E-state index < -0.39 is 0 Å². The van der Waals surface area contributed by atoms with Crippen molar-refractivity contribution in [3.8, 4) is 0 Å². The van der Waals surface area contributed by atoms with Crippen LogP contribution in [0.1, 0.15) is 11.1 Å². The Balaban J connectivity index is 2.03. The van der Waals surface area contributed by atoms with Gasteiger partial charge in [-0.25, -0.2) is 0 Å². The van der Waals surface area contributed by atoms with Crippen LogP contribution in [0.2, 0.25) is 0 Å². The zero-order valence-electron chi connectivity index (χ0n) is 11.4. The number of hydrogen-bond acceptors (Lipinski definition) is 2. The first-order chi connectivity index (χ1) is 8.61. The van der Waals surface area contributed by atoms with E-state index in [-0.39, 0.29) is 0 Å². The second kappa shape index (κ2) is 5.57. The normalized spacial score (nSPS) is 15.7. The van der Waals surface area contributed by atoms with Crippen molar-refractivity contribution in [3.05, 3.63) is 29.3 Å². The van der Waals surface area contributed by atoms with Crippen molar-refractivity contribution in [2.75, 3.05) is 38.1 Å². The van der Waals surface area contributed by atoms with Crippen LogP contribution in [0, 0.1) is 13.8 Å². The van der Waals surface area contributed by atoms with Gasteiger partial charge in [0.2, 0.25) is 0 Å². The molecule has 0 aromatic heterocycles. The van der Waals surface area contributed by atoms with Crippen molar-refractivity contribution < 1.29 is 0 Å². The van der Waals surface area contributed by atoms with Crippen molar-refractivity contribution in [1.82, 2.24) is 10.2 Å². The molecule has 0 aliphatic carbocycles. The third-order valence-electron chi connectivity index (χ3n) is 3.47. The number of anilines is 1. The first-order valence-electron chi connectivity index (χ1n) is 6.40. The van der Waals surface area contributed by atoms with Gasteiger partial charge in [-0.1, -0.05) is 17.7 Å². The fraction of sp³-hybridized carbons (Fsp3) is 0.500. The lowest BCUT2D eigenvalue weighted by molar-refractivity contribution is 0.382. The minimum atomic E-state index is 0.857. The maximum absolute atomic E-state index is 5.27. The summed E-state index contributed by atoms with van der Waals surface area (Å²) in [5.41, 5.74) is 4.04. The van der Waals surface area contributed by atoms with E-state index >= 15 is 0 Å². The molecule has 0 atom stereocenters. The molecule has 18 heavy (non-hydrogen) atoms. The summed E-state index contributed by atoms with van der Waals surface area (Å²) in [5.74, 6) is 0. The number of nitrogens with zero attached hydrogens (tertiary/aromatic N) is 2. The van der Waals surface area contributed by atoms with Gasteiger partial charge in [-0.05, 0) is 37.7 Å². The molecule has 98 valence electrons.